The zero-order valence-corrected chi connectivity index (χ0v) is 18.7. The lowest BCUT2D eigenvalue weighted by Crippen LogP contribution is -2.45. The van der Waals surface area contributed by atoms with Gasteiger partial charge in [-0.2, -0.15) is 10.2 Å². The van der Waals surface area contributed by atoms with Crippen LogP contribution < -0.4 is 14.4 Å². The number of aryl methyl sites for hydroxylation is 1. The lowest BCUT2D eigenvalue weighted by Gasteiger charge is -2.39. The van der Waals surface area contributed by atoms with Crippen molar-refractivity contribution in [2.75, 3.05) is 29.8 Å². The van der Waals surface area contributed by atoms with Crippen molar-refractivity contribution in [2.24, 2.45) is 13.0 Å². The molecule has 1 fully saturated rings. The second-order valence-corrected chi connectivity index (χ2v) is 9.64. The first-order valence-corrected chi connectivity index (χ1v) is 11.6. The molecule has 166 valence electrons. The van der Waals surface area contributed by atoms with E-state index in [0.29, 0.717) is 28.7 Å². The molecule has 32 heavy (non-hydrogen) atoms. The maximum Gasteiger partial charge on any atom is 0.265 e. The highest BCUT2D eigenvalue weighted by molar-refractivity contribution is 7.92. The molecule has 0 atom stereocenters. The number of hydrogen-bond donors (Lipinski definition) is 1. The number of rotatable bonds is 6. The van der Waals surface area contributed by atoms with Crippen LogP contribution in [0, 0.1) is 5.92 Å². The van der Waals surface area contributed by atoms with Crippen LogP contribution in [-0.4, -0.2) is 53.2 Å². The van der Waals surface area contributed by atoms with Gasteiger partial charge in [-0.1, -0.05) is 6.92 Å². The van der Waals surface area contributed by atoms with Crippen LogP contribution in [0.2, 0.25) is 0 Å². The van der Waals surface area contributed by atoms with Crippen LogP contribution in [0.1, 0.15) is 6.92 Å². The van der Waals surface area contributed by atoms with Crippen molar-refractivity contribution < 1.29 is 13.2 Å². The van der Waals surface area contributed by atoms with Gasteiger partial charge in [0.05, 0.1) is 31.2 Å². The first-order chi connectivity index (χ1) is 15.4. The molecule has 5 rings (SSSR count). The van der Waals surface area contributed by atoms with Gasteiger partial charge in [0.25, 0.3) is 10.0 Å². The molecule has 1 aromatic carbocycles. The predicted molar refractivity (Wildman–Crippen MR) is 121 cm³/mol. The summed E-state index contributed by atoms with van der Waals surface area (Å²) < 4.78 is 37.5. The Hall–Kier alpha value is -3.60. The molecule has 0 unspecified atom stereocenters. The molecule has 11 heteroatoms. The minimum atomic E-state index is -3.94. The smallest absolute Gasteiger partial charge is 0.265 e. The van der Waals surface area contributed by atoms with Gasteiger partial charge in [0.15, 0.2) is 5.82 Å². The van der Waals surface area contributed by atoms with E-state index in [4.69, 9.17) is 4.74 Å². The number of hydrogen-bond acceptors (Lipinski definition) is 7. The second kappa shape index (κ2) is 7.52. The molecule has 0 bridgehead atoms. The standard InChI is InChI=1S/C21H23N7O3S/c1-14-11-27(12-14)16-6-7-22-19(8-16)28-13-17(10-24-28)32(29,30)25-20-18(31-3)5-4-15-9-23-26(2)21(15)20/h4-10,13-14,25H,11-12H2,1-3H3. The van der Waals surface area contributed by atoms with E-state index >= 15 is 0 Å². The highest BCUT2D eigenvalue weighted by Gasteiger charge is 2.24. The Labute approximate surface area is 185 Å². The highest BCUT2D eigenvalue weighted by Crippen LogP contribution is 2.34. The van der Waals surface area contributed by atoms with E-state index in [1.165, 1.54) is 24.2 Å². The molecule has 0 amide bonds. The number of sulfonamides is 1. The van der Waals surface area contributed by atoms with Crippen molar-refractivity contribution in [1.29, 1.82) is 0 Å². The second-order valence-electron chi connectivity index (χ2n) is 7.96. The first kappa shape index (κ1) is 20.3. The number of nitrogens with one attached hydrogen (secondary N) is 1. The lowest BCUT2D eigenvalue weighted by atomic mass is 10.0. The number of methoxy groups -OCH3 is 1. The average molecular weight is 454 g/mol. The van der Waals surface area contributed by atoms with Gasteiger partial charge in [0.1, 0.15) is 16.3 Å². The van der Waals surface area contributed by atoms with E-state index in [9.17, 15) is 8.42 Å². The van der Waals surface area contributed by atoms with Gasteiger partial charge in [-0.05, 0) is 24.1 Å². The Kier molecular flexibility index (Phi) is 4.77. The van der Waals surface area contributed by atoms with Gasteiger partial charge in [0, 0.05) is 43.5 Å². The number of pyridine rings is 1. The van der Waals surface area contributed by atoms with Gasteiger partial charge in [-0.15, -0.1) is 0 Å². The van der Waals surface area contributed by atoms with Crippen LogP contribution >= 0.6 is 0 Å². The largest absolute Gasteiger partial charge is 0.494 e. The SMILES string of the molecule is COc1ccc2cnn(C)c2c1NS(=O)(=O)c1cnn(-c2cc(N3CC(C)C3)ccn2)c1. The Balaban J connectivity index is 1.47. The summed E-state index contributed by atoms with van der Waals surface area (Å²) in [5.41, 5.74) is 1.99. The third kappa shape index (κ3) is 3.44. The van der Waals surface area contributed by atoms with Gasteiger partial charge in [-0.25, -0.2) is 18.1 Å². The van der Waals surface area contributed by atoms with Gasteiger partial charge in [-0.3, -0.25) is 9.40 Å². The van der Waals surface area contributed by atoms with E-state index in [2.05, 4.69) is 31.7 Å². The van der Waals surface area contributed by atoms with E-state index in [1.54, 1.807) is 30.2 Å². The minimum absolute atomic E-state index is 0.0171. The van der Waals surface area contributed by atoms with E-state index in [0.717, 1.165) is 24.2 Å². The number of fused-ring (bicyclic) bond motifs is 1. The summed E-state index contributed by atoms with van der Waals surface area (Å²) in [6.45, 7) is 4.19. The quantitative estimate of drug-likeness (QED) is 0.478. The highest BCUT2D eigenvalue weighted by atomic mass is 32.2. The summed E-state index contributed by atoms with van der Waals surface area (Å²) in [6, 6.07) is 7.38. The third-order valence-electron chi connectivity index (χ3n) is 5.58. The summed E-state index contributed by atoms with van der Waals surface area (Å²) in [5, 5.41) is 9.24. The number of nitrogens with zero attached hydrogens (tertiary/aromatic N) is 6. The summed E-state index contributed by atoms with van der Waals surface area (Å²) in [6.07, 6.45) is 6.12. The van der Waals surface area contributed by atoms with Crippen LogP contribution in [0.3, 0.4) is 0 Å². The van der Waals surface area contributed by atoms with Crippen LogP contribution in [0.5, 0.6) is 5.75 Å². The molecule has 1 aliphatic rings. The first-order valence-electron chi connectivity index (χ1n) is 10.1. The molecule has 0 saturated carbocycles. The molecule has 1 N–H and O–H groups in total. The lowest BCUT2D eigenvalue weighted by molar-refractivity contribution is 0.417. The summed E-state index contributed by atoms with van der Waals surface area (Å²) in [5.74, 6) is 1.62. The van der Waals surface area contributed by atoms with E-state index < -0.39 is 10.0 Å². The maximum atomic E-state index is 13.2. The van der Waals surface area contributed by atoms with Gasteiger partial charge < -0.3 is 9.64 Å². The fraction of sp³-hybridized carbons (Fsp3) is 0.286. The van der Waals surface area contributed by atoms with Gasteiger partial charge >= 0.3 is 0 Å². The number of anilines is 2. The summed E-state index contributed by atoms with van der Waals surface area (Å²) >= 11 is 0. The fourth-order valence-corrected chi connectivity index (χ4v) is 4.93. The fourth-order valence-electron chi connectivity index (χ4n) is 3.92. The van der Waals surface area contributed by atoms with Crippen molar-refractivity contribution >= 4 is 32.3 Å². The summed E-state index contributed by atoms with van der Waals surface area (Å²) in [4.78, 5) is 6.62. The Morgan fingerprint density at radius 2 is 1.97 bits per heavy atom. The zero-order chi connectivity index (χ0) is 22.5. The van der Waals surface area contributed by atoms with E-state index in [-0.39, 0.29) is 4.90 Å². The molecular formula is C21H23N7O3S. The van der Waals surface area contributed by atoms with Crippen molar-refractivity contribution in [2.45, 2.75) is 11.8 Å². The third-order valence-corrected chi connectivity index (χ3v) is 6.89. The minimum Gasteiger partial charge on any atom is -0.494 e. The van der Waals surface area contributed by atoms with Crippen molar-refractivity contribution in [3.63, 3.8) is 0 Å². The van der Waals surface area contributed by atoms with Crippen LogP contribution in [0.15, 0.2) is 53.9 Å². The molecule has 3 aromatic heterocycles. The molecule has 0 spiro atoms. The topological polar surface area (TPSA) is 107 Å². The Morgan fingerprint density at radius 3 is 2.72 bits per heavy atom. The molecule has 1 aliphatic heterocycles. The van der Waals surface area contributed by atoms with Crippen molar-refractivity contribution in [3.05, 3.63) is 49.1 Å². The normalized spacial score (nSPS) is 14.5. The van der Waals surface area contributed by atoms with Crippen molar-refractivity contribution in [1.82, 2.24) is 24.5 Å². The van der Waals surface area contributed by atoms with Crippen molar-refractivity contribution in [3.8, 4) is 11.6 Å². The molecule has 4 heterocycles. The Morgan fingerprint density at radius 1 is 1.16 bits per heavy atom. The molecule has 0 aliphatic carbocycles. The zero-order valence-electron chi connectivity index (χ0n) is 17.9. The average Bonchev–Trinajstić information content (AvgIpc) is 3.40. The monoisotopic (exact) mass is 453 g/mol. The van der Waals surface area contributed by atoms with Crippen LogP contribution in [0.4, 0.5) is 11.4 Å². The molecule has 0 radical (unpaired) electrons. The van der Waals surface area contributed by atoms with Crippen LogP contribution in [-0.2, 0) is 17.1 Å². The number of benzene rings is 1. The molecule has 1 saturated heterocycles. The predicted octanol–water partition coefficient (Wildman–Crippen LogP) is 2.42. The molecule has 4 aromatic rings. The van der Waals surface area contributed by atoms with Crippen LogP contribution in [0.25, 0.3) is 16.7 Å². The van der Waals surface area contributed by atoms with Gasteiger partial charge in [0.2, 0.25) is 0 Å². The molecule has 10 nitrogen and oxygen atoms in total. The van der Waals surface area contributed by atoms with E-state index in [1.807, 2.05) is 18.2 Å². The maximum absolute atomic E-state index is 13.2. The molecular weight excluding hydrogens is 430 g/mol. The number of aromatic nitrogens is 5. The number of ether oxygens (including phenoxy) is 1. The summed E-state index contributed by atoms with van der Waals surface area (Å²) in [7, 11) is -0.703. The Bertz CT molecular complexity index is 1400.